The number of benzene rings is 2. The van der Waals surface area contributed by atoms with Crippen LogP contribution in [0.2, 0.25) is 0 Å². The molecule has 1 N–H and O–H groups in total. The maximum Gasteiger partial charge on any atom is 0.130 e. The zero-order chi connectivity index (χ0) is 13.9. The summed E-state index contributed by atoms with van der Waals surface area (Å²) >= 11 is 0. The lowest BCUT2D eigenvalue weighted by atomic mass is 10.00. The van der Waals surface area contributed by atoms with Crippen LogP contribution in [0.1, 0.15) is 18.1 Å². The molecule has 2 aromatic rings. The van der Waals surface area contributed by atoms with Gasteiger partial charge in [-0.05, 0) is 23.7 Å². The molecule has 1 aliphatic heterocycles. The van der Waals surface area contributed by atoms with Crippen molar-refractivity contribution in [3.05, 3.63) is 53.3 Å². The molecule has 3 heteroatoms. The maximum atomic E-state index is 14.1. The van der Waals surface area contributed by atoms with Gasteiger partial charge in [0.15, 0.2) is 0 Å². The van der Waals surface area contributed by atoms with E-state index in [4.69, 9.17) is 4.74 Å². The fourth-order valence-corrected chi connectivity index (χ4v) is 2.56. The van der Waals surface area contributed by atoms with E-state index in [1.807, 2.05) is 31.2 Å². The normalized spacial score (nSPS) is 13.1. The van der Waals surface area contributed by atoms with Crippen LogP contribution in [0.3, 0.4) is 0 Å². The summed E-state index contributed by atoms with van der Waals surface area (Å²) in [6.07, 6.45) is 0.935. The summed E-state index contributed by atoms with van der Waals surface area (Å²) in [5.74, 6) is 0.741. The SMILES string of the molecule is CCNCc1ccc(-c2cccc3c2OCC3)cc1F. The molecule has 0 unspecified atom stereocenters. The average molecular weight is 271 g/mol. The van der Waals surface area contributed by atoms with Crippen LogP contribution in [-0.4, -0.2) is 13.2 Å². The molecule has 0 amide bonds. The predicted octanol–water partition coefficient (Wildman–Crippen LogP) is 3.54. The fourth-order valence-electron chi connectivity index (χ4n) is 2.56. The molecule has 0 radical (unpaired) electrons. The Hall–Kier alpha value is -1.87. The Morgan fingerprint density at radius 3 is 2.95 bits per heavy atom. The van der Waals surface area contributed by atoms with Gasteiger partial charge < -0.3 is 10.1 Å². The summed E-state index contributed by atoms with van der Waals surface area (Å²) in [6.45, 7) is 4.12. The number of rotatable bonds is 4. The summed E-state index contributed by atoms with van der Waals surface area (Å²) in [5.41, 5.74) is 3.76. The second-order valence-electron chi connectivity index (χ2n) is 4.98. The summed E-state index contributed by atoms with van der Waals surface area (Å²) in [4.78, 5) is 0. The lowest BCUT2D eigenvalue weighted by molar-refractivity contribution is 0.358. The van der Waals surface area contributed by atoms with Gasteiger partial charge in [-0.1, -0.05) is 37.3 Å². The van der Waals surface area contributed by atoms with Crippen molar-refractivity contribution in [1.82, 2.24) is 5.32 Å². The van der Waals surface area contributed by atoms with Gasteiger partial charge in [-0.25, -0.2) is 4.39 Å². The first-order chi connectivity index (χ1) is 9.79. The highest BCUT2D eigenvalue weighted by Crippen LogP contribution is 2.37. The minimum absolute atomic E-state index is 0.168. The number of halogens is 1. The van der Waals surface area contributed by atoms with Gasteiger partial charge >= 0.3 is 0 Å². The first kappa shape index (κ1) is 13.1. The van der Waals surface area contributed by atoms with Crippen LogP contribution in [0, 0.1) is 5.82 Å². The first-order valence-corrected chi connectivity index (χ1v) is 7.04. The summed E-state index contributed by atoms with van der Waals surface area (Å²) in [5, 5.41) is 3.14. The van der Waals surface area contributed by atoms with Crippen molar-refractivity contribution in [2.24, 2.45) is 0 Å². The van der Waals surface area contributed by atoms with Crippen LogP contribution in [0.4, 0.5) is 4.39 Å². The van der Waals surface area contributed by atoms with Crippen LogP contribution in [-0.2, 0) is 13.0 Å². The molecule has 0 spiro atoms. The molecule has 0 atom stereocenters. The van der Waals surface area contributed by atoms with Crippen molar-refractivity contribution in [2.45, 2.75) is 19.9 Å². The van der Waals surface area contributed by atoms with Crippen LogP contribution in [0.15, 0.2) is 36.4 Å². The van der Waals surface area contributed by atoms with E-state index in [1.165, 1.54) is 5.56 Å². The fraction of sp³-hybridized carbons (Fsp3) is 0.294. The van der Waals surface area contributed by atoms with Crippen molar-refractivity contribution in [3.8, 4) is 16.9 Å². The number of para-hydroxylation sites is 1. The Labute approximate surface area is 118 Å². The standard InChI is InChI=1S/C17H18FNO/c1-2-19-11-14-7-6-13(10-16(14)18)15-5-3-4-12-8-9-20-17(12)15/h3-7,10,19H,2,8-9,11H2,1H3. The highest BCUT2D eigenvalue weighted by atomic mass is 19.1. The maximum absolute atomic E-state index is 14.1. The van der Waals surface area contributed by atoms with Crippen molar-refractivity contribution >= 4 is 0 Å². The Morgan fingerprint density at radius 1 is 1.25 bits per heavy atom. The Bertz CT molecular complexity index is 624. The lowest BCUT2D eigenvalue weighted by Crippen LogP contribution is -2.12. The van der Waals surface area contributed by atoms with Crippen molar-refractivity contribution in [1.29, 1.82) is 0 Å². The topological polar surface area (TPSA) is 21.3 Å². The zero-order valence-electron chi connectivity index (χ0n) is 11.6. The summed E-state index contributed by atoms with van der Waals surface area (Å²) < 4.78 is 19.8. The van der Waals surface area contributed by atoms with Gasteiger partial charge in [0.1, 0.15) is 11.6 Å². The first-order valence-electron chi connectivity index (χ1n) is 7.04. The average Bonchev–Trinajstić information content (AvgIpc) is 2.94. The number of fused-ring (bicyclic) bond motifs is 1. The highest BCUT2D eigenvalue weighted by molar-refractivity contribution is 5.73. The third kappa shape index (κ3) is 2.41. The third-order valence-corrected chi connectivity index (χ3v) is 3.64. The van der Waals surface area contributed by atoms with Gasteiger partial charge in [-0.2, -0.15) is 0 Å². The van der Waals surface area contributed by atoms with Gasteiger partial charge in [0.05, 0.1) is 6.61 Å². The van der Waals surface area contributed by atoms with E-state index in [2.05, 4.69) is 11.4 Å². The van der Waals surface area contributed by atoms with E-state index in [0.717, 1.165) is 29.8 Å². The third-order valence-electron chi connectivity index (χ3n) is 3.64. The largest absolute Gasteiger partial charge is 0.492 e. The molecule has 0 fully saturated rings. The van der Waals surface area contributed by atoms with Gasteiger partial charge in [0.25, 0.3) is 0 Å². The second-order valence-corrected chi connectivity index (χ2v) is 4.98. The van der Waals surface area contributed by atoms with E-state index in [1.54, 1.807) is 6.07 Å². The Balaban J connectivity index is 1.95. The summed E-state index contributed by atoms with van der Waals surface area (Å²) in [6, 6.07) is 11.5. The van der Waals surface area contributed by atoms with Gasteiger partial charge in [0, 0.05) is 24.1 Å². The molecule has 0 saturated heterocycles. The molecule has 0 saturated carbocycles. The molecule has 2 aromatic carbocycles. The van der Waals surface area contributed by atoms with E-state index in [-0.39, 0.29) is 5.82 Å². The molecule has 3 rings (SSSR count). The quantitative estimate of drug-likeness (QED) is 0.918. The molecular weight excluding hydrogens is 253 g/mol. The second kappa shape index (κ2) is 5.63. The number of ether oxygens (including phenoxy) is 1. The monoisotopic (exact) mass is 271 g/mol. The van der Waals surface area contributed by atoms with Crippen LogP contribution in [0.25, 0.3) is 11.1 Å². The van der Waals surface area contributed by atoms with Crippen LogP contribution < -0.4 is 10.1 Å². The number of nitrogens with one attached hydrogen (secondary N) is 1. The van der Waals surface area contributed by atoms with Crippen molar-refractivity contribution in [2.75, 3.05) is 13.2 Å². The number of hydrogen-bond acceptors (Lipinski definition) is 2. The van der Waals surface area contributed by atoms with Gasteiger partial charge in [-0.15, -0.1) is 0 Å². The van der Waals surface area contributed by atoms with Gasteiger partial charge in [-0.3, -0.25) is 0 Å². The van der Waals surface area contributed by atoms with E-state index >= 15 is 0 Å². The molecule has 20 heavy (non-hydrogen) atoms. The molecular formula is C17H18FNO. The molecule has 0 bridgehead atoms. The molecule has 104 valence electrons. The highest BCUT2D eigenvalue weighted by Gasteiger charge is 2.17. The molecule has 2 nitrogen and oxygen atoms in total. The summed E-state index contributed by atoms with van der Waals surface area (Å²) in [7, 11) is 0. The smallest absolute Gasteiger partial charge is 0.130 e. The minimum atomic E-state index is -0.168. The molecule has 1 aliphatic rings. The zero-order valence-corrected chi connectivity index (χ0v) is 11.6. The van der Waals surface area contributed by atoms with Crippen LogP contribution >= 0.6 is 0 Å². The van der Waals surface area contributed by atoms with Crippen LogP contribution in [0.5, 0.6) is 5.75 Å². The van der Waals surface area contributed by atoms with E-state index < -0.39 is 0 Å². The van der Waals surface area contributed by atoms with Gasteiger partial charge in [0.2, 0.25) is 0 Å². The Morgan fingerprint density at radius 2 is 2.15 bits per heavy atom. The molecule has 0 aromatic heterocycles. The predicted molar refractivity (Wildman–Crippen MR) is 78.4 cm³/mol. The Kier molecular flexibility index (Phi) is 3.70. The van der Waals surface area contributed by atoms with E-state index in [9.17, 15) is 4.39 Å². The molecule has 0 aliphatic carbocycles. The molecule has 1 heterocycles. The van der Waals surface area contributed by atoms with E-state index in [0.29, 0.717) is 18.7 Å². The van der Waals surface area contributed by atoms with Crippen molar-refractivity contribution < 1.29 is 9.13 Å². The van der Waals surface area contributed by atoms with Crippen molar-refractivity contribution in [3.63, 3.8) is 0 Å². The number of hydrogen-bond donors (Lipinski definition) is 1. The lowest BCUT2D eigenvalue weighted by Gasteiger charge is -2.10. The minimum Gasteiger partial charge on any atom is -0.492 e.